The lowest BCUT2D eigenvalue weighted by Crippen LogP contribution is -2.26. The summed E-state index contributed by atoms with van der Waals surface area (Å²) in [6, 6.07) is 9.16. The number of carbonyl (C=O) groups is 1. The van der Waals surface area contributed by atoms with Crippen molar-refractivity contribution >= 4 is 17.5 Å². The summed E-state index contributed by atoms with van der Waals surface area (Å²) in [4.78, 5) is 20.9. The molecule has 0 fully saturated rings. The number of aryl methyl sites for hydroxylation is 1. The van der Waals surface area contributed by atoms with Crippen LogP contribution in [0, 0.1) is 12.8 Å². The standard InChI is InChI=1S/C18H24N4O2/c1-12(2)9-10-19-17(23)15-11-13(3)20-18(22-15)21-14-7-5-6-8-16(14)24-4/h5-8,11-12H,9-10H2,1-4H3,(H,19,23)(H,20,21,22). The number of benzene rings is 1. The molecule has 0 unspecified atom stereocenters. The van der Waals surface area contributed by atoms with Crippen LogP contribution in [0.1, 0.15) is 36.5 Å². The van der Waals surface area contributed by atoms with Gasteiger partial charge >= 0.3 is 0 Å². The van der Waals surface area contributed by atoms with Crippen molar-refractivity contribution in [3.05, 3.63) is 41.7 Å². The van der Waals surface area contributed by atoms with Gasteiger partial charge in [0, 0.05) is 12.2 Å². The van der Waals surface area contributed by atoms with Crippen LogP contribution in [0.5, 0.6) is 5.75 Å². The van der Waals surface area contributed by atoms with Crippen LogP contribution in [0.15, 0.2) is 30.3 Å². The average Bonchev–Trinajstić information content (AvgIpc) is 2.54. The molecule has 0 radical (unpaired) electrons. The van der Waals surface area contributed by atoms with E-state index in [0.717, 1.165) is 17.8 Å². The Kier molecular flexibility index (Phi) is 6.12. The summed E-state index contributed by atoms with van der Waals surface area (Å²) in [5.74, 6) is 1.41. The fourth-order valence-electron chi connectivity index (χ4n) is 2.17. The van der Waals surface area contributed by atoms with Crippen molar-refractivity contribution in [3.63, 3.8) is 0 Å². The van der Waals surface area contributed by atoms with Crippen LogP contribution in [0.3, 0.4) is 0 Å². The monoisotopic (exact) mass is 328 g/mol. The zero-order chi connectivity index (χ0) is 17.5. The first kappa shape index (κ1) is 17.7. The topological polar surface area (TPSA) is 76.1 Å². The molecule has 0 aliphatic rings. The molecule has 0 aliphatic carbocycles. The summed E-state index contributed by atoms with van der Waals surface area (Å²) in [5, 5.41) is 6.00. The Hall–Kier alpha value is -2.63. The van der Waals surface area contributed by atoms with E-state index in [1.807, 2.05) is 31.2 Å². The lowest BCUT2D eigenvalue weighted by Gasteiger charge is -2.11. The third-order valence-electron chi connectivity index (χ3n) is 3.45. The van der Waals surface area contributed by atoms with E-state index in [-0.39, 0.29) is 5.91 Å². The van der Waals surface area contributed by atoms with E-state index in [1.165, 1.54) is 0 Å². The summed E-state index contributed by atoms with van der Waals surface area (Å²) in [6.07, 6.45) is 0.933. The second-order valence-electron chi connectivity index (χ2n) is 5.98. The highest BCUT2D eigenvalue weighted by molar-refractivity contribution is 5.92. The van der Waals surface area contributed by atoms with E-state index in [2.05, 4.69) is 34.4 Å². The fourth-order valence-corrected chi connectivity index (χ4v) is 2.17. The highest BCUT2D eigenvalue weighted by Crippen LogP contribution is 2.25. The summed E-state index contributed by atoms with van der Waals surface area (Å²) in [6.45, 7) is 6.71. The number of amides is 1. The molecule has 1 aromatic carbocycles. The van der Waals surface area contributed by atoms with Crippen LogP contribution in [0.2, 0.25) is 0 Å². The zero-order valence-corrected chi connectivity index (χ0v) is 14.6. The van der Waals surface area contributed by atoms with E-state index >= 15 is 0 Å². The molecule has 24 heavy (non-hydrogen) atoms. The smallest absolute Gasteiger partial charge is 0.270 e. The van der Waals surface area contributed by atoms with E-state index in [1.54, 1.807) is 13.2 Å². The number of aromatic nitrogens is 2. The van der Waals surface area contributed by atoms with Gasteiger partial charge in [-0.05, 0) is 37.5 Å². The summed E-state index contributed by atoms with van der Waals surface area (Å²) in [7, 11) is 1.60. The molecule has 0 atom stereocenters. The van der Waals surface area contributed by atoms with Crippen LogP contribution in [-0.4, -0.2) is 29.5 Å². The lowest BCUT2D eigenvalue weighted by molar-refractivity contribution is 0.0947. The number of nitrogens with zero attached hydrogens (tertiary/aromatic N) is 2. The predicted octanol–water partition coefficient (Wildman–Crippen LogP) is 3.31. The maximum Gasteiger partial charge on any atom is 0.270 e. The first-order valence-electron chi connectivity index (χ1n) is 8.03. The van der Waals surface area contributed by atoms with Crippen LogP contribution in [0.25, 0.3) is 0 Å². The molecule has 1 heterocycles. The van der Waals surface area contributed by atoms with Gasteiger partial charge in [-0.3, -0.25) is 4.79 Å². The van der Waals surface area contributed by atoms with Gasteiger partial charge in [0.2, 0.25) is 5.95 Å². The minimum Gasteiger partial charge on any atom is -0.495 e. The van der Waals surface area contributed by atoms with Crippen molar-refractivity contribution in [2.45, 2.75) is 27.2 Å². The molecule has 0 saturated heterocycles. The number of hydrogen-bond acceptors (Lipinski definition) is 5. The number of rotatable bonds is 7. The third-order valence-corrected chi connectivity index (χ3v) is 3.45. The number of hydrogen-bond donors (Lipinski definition) is 2. The number of nitrogens with one attached hydrogen (secondary N) is 2. The van der Waals surface area contributed by atoms with Gasteiger partial charge < -0.3 is 15.4 Å². The fraction of sp³-hybridized carbons (Fsp3) is 0.389. The van der Waals surface area contributed by atoms with Crippen molar-refractivity contribution in [2.24, 2.45) is 5.92 Å². The van der Waals surface area contributed by atoms with Crippen LogP contribution in [-0.2, 0) is 0 Å². The highest BCUT2D eigenvalue weighted by Gasteiger charge is 2.11. The van der Waals surface area contributed by atoms with Gasteiger partial charge in [0.15, 0.2) is 0 Å². The maximum atomic E-state index is 12.3. The second-order valence-corrected chi connectivity index (χ2v) is 5.98. The van der Waals surface area contributed by atoms with Crippen LogP contribution < -0.4 is 15.4 Å². The van der Waals surface area contributed by atoms with Crippen molar-refractivity contribution in [1.82, 2.24) is 15.3 Å². The van der Waals surface area contributed by atoms with Crippen molar-refractivity contribution < 1.29 is 9.53 Å². The number of para-hydroxylation sites is 2. The molecule has 0 bridgehead atoms. The number of anilines is 2. The molecule has 2 N–H and O–H groups in total. The molecule has 6 nitrogen and oxygen atoms in total. The lowest BCUT2D eigenvalue weighted by atomic mass is 10.1. The van der Waals surface area contributed by atoms with Crippen LogP contribution >= 0.6 is 0 Å². The molecule has 6 heteroatoms. The Morgan fingerprint density at radius 3 is 2.71 bits per heavy atom. The third kappa shape index (κ3) is 4.94. The quantitative estimate of drug-likeness (QED) is 0.815. The molecule has 1 amide bonds. The van der Waals surface area contributed by atoms with E-state index in [0.29, 0.717) is 29.9 Å². The molecule has 1 aromatic heterocycles. The highest BCUT2D eigenvalue weighted by atomic mass is 16.5. The van der Waals surface area contributed by atoms with Crippen molar-refractivity contribution in [1.29, 1.82) is 0 Å². The molecule has 2 aromatic rings. The summed E-state index contributed by atoms with van der Waals surface area (Å²) in [5.41, 5.74) is 1.82. The first-order valence-corrected chi connectivity index (χ1v) is 8.03. The molecule has 2 rings (SSSR count). The molecular weight excluding hydrogens is 304 g/mol. The maximum absolute atomic E-state index is 12.3. The molecule has 0 aliphatic heterocycles. The van der Waals surface area contributed by atoms with E-state index < -0.39 is 0 Å². The van der Waals surface area contributed by atoms with Crippen molar-refractivity contribution in [3.8, 4) is 5.75 Å². The van der Waals surface area contributed by atoms with E-state index in [9.17, 15) is 4.79 Å². The Morgan fingerprint density at radius 1 is 1.25 bits per heavy atom. The average molecular weight is 328 g/mol. The van der Waals surface area contributed by atoms with Gasteiger partial charge in [0.1, 0.15) is 11.4 Å². The SMILES string of the molecule is COc1ccccc1Nc1nc(C)cc(C(=O)NCCC(C)C)n1. The van der Waals surface area contributed by atoms with Gasteiger partial charge in [-0.1, -0.05) is 26.0 Å². The normalized spacial score (nSPS) is 10.5. The van der Waals surface area contributed by atoms with Gasteiger partial charge in [0.05, 0.1) is 12.8 Å². The Bertz CT molecular complexity index is 701. The molecular formula is C18H24N4O2. The minimum absolute atomic E-state index is 0.191. The summed E-state index contributed by atoms with van der Waals surface area (Å²) < 4.78 is 5.30. The Morgan fingerprint density at radius 2 is 2.00 bits per heavy atom. The Labute approximate surface area is 142 Å². The van der Waals surface area contributed by atoms with E-state index in [4.69, 9.17) is 4.74 Å². The largest absolute Gasteiger partial charge is 0.495 e. The van der Waals surface area contributed by atoms with Gasteiger partial charge in [-0.25, -0.2) is 9.97 Å². The van der Waals surface area contributed by atoms with Gasteiger partial charge in [-0.2, -0.15) is 0 Å². The second kappa shape index (κ2) is 8.29. The molecule has 0 spiro atoms. The van der Waals surface area contributed by atoms with Gasteiger partial charge in [0.25, 0.3) is 5.91 Å². The predicted molar refractivity (Wildman–Crippen MR) is 94.8 cm³/mol. The first-order chi connectivity index (χ1) is 11.5. The van der Waals surface area contributed by atoms with Crippen molar-refractivity contribution in [2.75, 3.05) is 19.0 Å². The summed E-state index contributed by atoms with van der Waals surface area (Å²) >= 11 is 0. The zero-order valence-electron chi connectivity index (χ0n) is 14.6. The Balaban J connectivity index is 2.14. The minimum atomic E-state index is -0.191. The van der Waals surface area contributed by atoms with Crippen LogP contribution in [0.4, 0.5) is 11.6 Å². The molecule has 128 valence electrons. The molecule has 0 saturated carbocycles. The number of carbonyl (C=O) groups excluding carboxylic acids is 1. The van der Waals surface area contributed by atoms with Gasteiger partial charge in [-0.15, -0.1) is 0 Å². The number of ether oxygens (including phenoxy) is 1. The number of methoxy groups -OCH3 is 1.